The Morgan fingerprint density at radius 1 is 1.53 bits per heavy atom. The van der Waals surface area contributed by atoms with Crippen molar-refractivity contribution in [2.75, 3.05) is 0 Å². The molecule has 0 saturated carbocycles. The van der Waals surface area contributed by atoms with E-state index in [1.165, 1.54) is 24.8 Å². The minimum Gasteiger partial charge on any atom is -0.367 e. The van der Waals surface area contributed by atoms with Gasteiger partial charge in [0.05, 0.1) is 0 Å². The molecule has 0 aromatic carbocycles. The normalized spacial score (nSPS) is 12.6. The van der Waals surface area contributed by atoms with Gasteiger partial charge in [-0.25, -0.2) is 0 Å². The zero-order chi connectivity index (χ0) is 10.9. The molecule has 2 N–H and O–H groups in total. The summed E-state index contributed by atoms with van der Waals surface area (Å²) in [6, 6.07) is 2.71. The van der Waals surface area contributed by atoms with Gasteiger partial charge in [0.1, 0.15) is 0 Å². The van der Waals surface area contributed by atoms with Crippen molar-refractivity contribution in [3.63, 3.8) is 0 Å². The standard InChI is InChI=1S/C13H22N2/c1-3-4-5-6-7-12(2)15-11-13-8-9-14-10-13/h3,8-10,12,14-15H,1,4-7,11H2,2H3. The van der Waals surface area contributed by atoms with Gasteiger partial charge < -0.3 is 10.3 Å². The zero-order valence-corrected chi connectivity index (χ0v) is 9.63. The number of aromatic amines is 1. The monoisotopic (exact) mass is 206 g/mol. The third-order valence-electron chi connectivity index (χ3n) is 2.61. The predicted octanol–water partition coefficient (Wildman–Crippen LogP) is 3.24. The largest absolute Gasteiger partial charge is 0.367 e. The van der Waals surface area contributed by atoms with Gasteiger partial charge >= 0.3 is 0 Å². The molecule has 0 saturated heterocycles. The van der Waals surface area contributed by atoms with Gasteiger partial charge in [-0.15, -0.1) is 6.58 Å². The molecule has 84 valence electrons. The molecule has 1 aromatic rings. The molecule has 0 bridgehead atoms. The summed E-state index contributed by atoms with van der Waals surface area (Å²) in [5.74, 6) is 0. The van der Waals surface area contributed by atoms with E-state index >= 15 is 0 Å². The van der Waals surface area contributed by atoms with E-state index in [9.17, 15) is 0 Å². The smallest absolute Gasteiger partial charge is 0.0222 e. The minimum atomic E-state index is 0.602. The van der Waals surface area contributed by atoms with Crippen molar-refractivity contribution in [3.8, 4) is 0 Å². The van der Waals surface area contributed by atoms with Crippen LogP contribution in [0.15, 0.2) is 31.1 Å². The molecule has 1 heterocycles. The average Bonchev–Trinajstić information content (AvgIpc) is 2.74. The summed E-state index contributed by atoms with van der Waals surface area (Å²) in [4.78, 5) is 3.06. The minimum absolute atomic E-state index is 0.602. The van der Waals surface area contributed by atoms with Crippen LogP contribution >= 0.6 is 0 Å². The highest BCUT2D eigenvalue weighted by Gasteiger charge is 2.00. The summed E-state index contributed by atoms with van der Waals surface area (Å²) in [5.41, 5.74) is 1.33. The van der Waals surface area contributed by atoms with Gasteiger partial charge in [0, 0.05) is 25.0 Å². The van der Waals surface area contributed by atoms with Gasteiger partial charge in [-0.3, -0.25) is 0 Å². The Bertz CT molecular complexity index is 252. The number of hydrogen-bond donors (Lipinski definition) is 2. The summed E-state index contributed by atoms with van der Waals surface area (Å²) < 4.78 is 0. The molecule has 1 aromatic heterocycles. The lowest BCUT2D eigenvalue weighted by molar-refractivity contribution is 0.490. The van der Waals surface area contributed by atoms with Crippen LogP contribution in [-0.2, 0) is 6.54 Å². The number of H-pyrrole nitrogens is 1. The molecule has 1 atom stereocenters. The third-order valence-corrected chi connectivity index (χ3v) is 2.61. The molecule has 0 spiro atoms. The maximum atomic E-state index is 3.73. The number of rotatable bonds is 8. The molecule has 2 nitrogen and oxygen atoms in total. The third kappa shape index (κ3) is 5.43. The first-order valence-electron chi connectivity index (χ1n) is 5.79. The molecule has 0 amide bonds. The lowest BCUT2D eigenvalue weighted by Crippen LogP contribution is -2.25. The number of hydrogen-bond acceptors (Lipinski definition) is 1. The second-order valence-corrected chi connectivity index (χ2v) is 4.07. The van der Waals surface area contributed by atoms with E-state index in [0.717, 1.165) is 13.0 Å². The number of nitrogens with one attached hydrogen (secondary N) is 2. The fourth-order valence-corrected chi connectivity index (χ4v) is 1.60. The SMILES string of the molecule is C=CCCCCC(C)NCc1cc[nH]c1. The van der Waals surface area contributed by atoms with Crippen molar-refractivity contribution in [1.82, 2.24) is 10.3 Å². The van der Waals surface area contributed by atoms with Gasteiger partial charge in [0.25, 0.3) is 0 Å². The lowest BCUT2D eigenvalue weighted by atomic mass is 10.1. The van der Waals surface area contributed by atoms with Crippen LogP contribution in [0.2, 0.25) is 0 Å². The summed E-state index contributed by atoms with van der Waals surface area (Å²) in [6.07, 6.45) is 10.9. The Hall–Kier alpha value is -1.02. The molecule has 1 unspecified atom stereocenters. The van der Waals surface area contributed by atoms with Gasteiger partial charge in [-0.2, -0.15) is 0 Å². The van der Waals surface area contributed by atoms with Crippen molar-refractivity contribution in [2.24, 2.45) is 0 Å². The van der Waals surface area contributed by atoms with Crippen molar-refractivity contribution < 1.29 is 0 Å². The molecule has 1 rings (SSSR count). The number of aromatic nitrogens is 1. The molecule has 0 aliphatic heterocycles. The highest BCUT2D eigenvalue weighted by molar-refractivity contribution is 5.07. The Balaban J connectivity index is 2.03. The van der Waals surface area contributed by atoms with Crippen LogP contribution < -0.4 is 5.32 Å². The quantitative estimate of drug-likeness (QED) is 0.496. The number of allylic oxidation sites excluding steroid dienone is 1. The zero-order valence-electron chi connectivity index (χ0n) is 9.63. The van der Waals surface area contributed by atoms with E-state index in [0.29, 0.717) is 6.04 Å². The summed E-state index contributed by atoms with van der Waals surface area (Å²) in [7, 11) is 0. The summed E-state index contributed by atoms with van der Waals surface area (Å²) in [6.45, 7) is 6.94. The molecule has 0 radical (unpaired) electrons. The van der Waals surface area contributed by atoms with Crippen molar-refractivity contribution in [2.45, 2.75) is 45.2 Å². The second kappa shape index (κ2) is 7.30. The summed E-state index contributed by atoms with van der Waals surface area (Å²) >= 11 is 0. The van der Waals surface area contributed by atoms with Crippen LogP contribution in [0, 0.1) is 0 Å². The molecule has 0 aliphatic rings. The lowest BCUT2D eigenvalue weighted by Gasteiger charge is -2.12. The maximum absolute atomic E-state index is 3.73. The topological polar surface area (TPSA) is 27.8 Å². The van der Waals surface area contributed by atoms with Crippen molar-refractivity contribution in [3.05, 3.63) is 36.7 Å². The Labute approximate surface area is 92.8 Å². The Morgan fingerprint density at radius 3 is 3.07 bits per heavy atom. The van der Waals surface area contributed by atoms with E-state index in [1.807, 2.05) is 18.5 Å². The predicted molar refractivity (Wildman–Crippen MR) is 65.8 cm³/mol. The highest BCUT2D eigenvalue weighted by Crippen LogP contribution is 2.04. The first-order chi connectivity index (χ1) is 7.33. The van der Waals surface area contributed by atoms with Gasteiger partial charge in [-0.05, 0) is 37.8 Å². The van der Waals surface area contributed by atoms with E-state index in [4.69, 9.17) is 0 Å². The number of unbranched alkanes of at least 4 members (excludes halogenated alkanes) is 2. The van der Waals surface area contributed by atoms with Gasteiger partial charge in [-0.1, -0.05) is 12.5 Å². The van der Waals surface area contributed by atoms with E-state index in [2.05, 4.69) is 29.9 Å². The van der Waals surface area contributed by atoms with Crippen LogP contribution in [0.5, 0.6) is 0 Å². The fraction of sp³-hybridized carbons (Fsp3) is 0.538. The molecule has 2 heteroatoms. The van der Waals surface area contributed by atoms with Crippen LogP contribution in [-0.4, -0.2) is 11.0 Å². The van der Waals surface area contributed by atoms with Crippen LogP contribution in [0.4, 0.5) is 0 Å². The molecular weight excluding hydrogens is 184 g/mol. The highest BCUT2D eigenvalue weighted by atomic mass is 14.9. The Morgan fingerprint density at radius 2 is 2.40 bits per heavy atom. The summed E-state index contributed by atoms with van der Waals surface area (Å²) in [5, 5.41) is 3.52. The van der Waals surface area contributed by atoms with E-state index in [1.54, 1.807) is 0 Å². The van der Waals surface area contributed by atoms with Gasteiger partial charge in [0.15, 0.2) is 0 Å². The average molecular weight is 206 g/mol. The van der Waals surface area contributed by atoms with Crippen LogP contribution in [0.3, 0.4) is 0 Å². The molecule has 0 aliphatic carbocycles. The van der Waals surface area contributed by atoms with Crippen molar-refractivity contribution in [1.29, 1.82) is 0 Å². The molecule has 15 heavy (non-hydrogen) atoms. The first kappa shape index (κ1) is 12.1. The molecular formula is C13H22N2. The molecule has 0 fully saturated rings. The Kier molecular flexibility index (Phi) is 5.86. The van der Waals surface area contributed by atoms with E-state index in [-0.39, 0.29) is 0 Å². The van der Waals surface area contributed by atoms with Crippen LogP contribution in [0.25, 0.3) is 0 Å². The first-order valence-corrected chi connectivity index (χ1v) is 5.79. The van der Waals surface area contributed by atoms with E-state index < -0.39 is 0 Å². The van der Waals surface area contributed by atoms with Crippen molar-refractivity contribution >= 4 is 0 Å². The second-order valence-electron chi connectivity index (χ2n) is 4.07. The maximum Gasteiger partial charge on any atom is 0.0222 e. The van der Waals surface area contributed by atoms with Gasteiger partial charge in [0.2, 0.25) is 0 Å². The fourth-order valence-electron chi connectivity index (χ4n) is 1.60. The van der Waals surface area contributed by atoms with Crippen LogP contribution in [0.1, 0.15) is 38.2 Å².